The fraction of sp³-hybridized carbons (Fsp3) is 0.200. The molecule has 21 heavy (non-hydrogen) atoms. The highest BCUT2D eigenvalue weighted by molar-refractivity contribution is 9.10. The molecule has 0 saturated carbocycles. The first kappa shape index (κ1) is 15.9. The Morgan fingerprint density at radius 1 is 1.10 bits per heavy atom. The molecule has 112 valence electrons. The summed E-state index contributed by atoms with van der Waals surface area (Å²) in [5.74, 6) is -0.249. The highest BCUT2D eigenvalue weighted by Gasteiger charge is 2.31. The van der Waals surface area contributed by atoms with E-state index in [0.717, 1.165) is 15.6 Å². The Hall–Kier alpha value is -1.53. The first-order valence-corrected chi connectivity index (χ1v) is 6.98. The van der Waals surface area contributed by atoms with E-state index in [-0.39, 0.29) is 11.8 Å². The van der Waals surface area contributed by atoms with E-state index in [4.69, 9.17) is 5.73 Å². The van der Waals surface area contributed by atoms with Gasteiger partial charge in [0.05, 0.1) is 0 Å². The second-order valence-corrected chi connectivity index (χ2v) is 5.47. The quantitative estimate of drug-likeness (QED) is 0.866. The van der Waals surface area contributed by atoms with E-state index in [0.29, 0.717) is 6.42 Å². The molecule has 0 saturated heterocycles. The minimum atomic E-state index is -4.68. The zero-order chi connectivity index (χ0) is 15.5. The third kappa shape index (κ3) is 5.06. The fourth-order valence-corrected chi connectivity index (χ4v) is 2.40. The number of ether oxygens (including phenoxy) is 1. The molecule has 0 bridgehead atoms. The van der Waals surface area contributed by atoms with Crippen molar-refractivity contribution in [1.82, 2.24) is 0 Å². The molecular weight excluding hydrogens is 347 g/mol. The summed E-state index contributed by atoms with van der Waals surface area (Å²) in [6.45, 7) is 0. The molecule has 0 fully saturated rings. The van der Waals surface area contributed by atoms with Crippen LogP contribution >= 0.6 is 15.9 Å². The lowest BCUT2D eigenvalue weighted by atomic mass is 10.00. The number of alkyl halides is 3. The van der Waals surface area contributed by atoms with Crippen LogP contribution in [0.1, 0.15) is 17.2 Å². The number of nitrogens with two attached hydrogens (primary N) is 1. The van der Waals surface area contributed by atoms with Crippen molar-refractivity contribution in [3.63, 3.8) is 0 Å². The topological polar surface area (TPSA) is 35.2 Å². The van der Waals surface area contributed by atoms with Crippen molar-refractivity contribution < 1.29 is 17.9 Å². The Morgan fingerprint density at radius 3 is 2.33 bits per heavy atom. The molecule has 1 unspecified atom stereocenters. The van der Waals surface area contributed by atoms with Crippen molar-refractivity contribution in [2.45, 2.75) is 18.8 Å². The van der Waals surface area contributed by atoms with Gasteiger partial charge in [-0.05, 0) is 41.8 Å². The van der Waals surface area contributed by atoms with Crippen molar-refractivity contribution in [2.75, 3.05) is 0 Å². The lowest BCUT2D eigenvalue weighted by molar-refractivity contribution is -0.274. The van der Waals surface area contributed by atoms with Gasteiger partial charge in [-0.3, -0.25) is 0 Å². The monoisotopic (exact) mass is 359 g/mol. The summed E-state index contributed by atoms with van der Waals surface area (Å²) in [6.07, 6.45) is -4.08. The van der Waals surface area contributed by atoms with Gasteiger partial charge in [-0.1, -0.05) is 40.2 Å². The SMILES string of the molecule is NC(Cc1cccc(Br)c1)c1ccc(OC(F)(F)F)cc1. The fourth-order valence-electron chi connectivity index (χ4n) is 1.95. The van der Waals surface area contributed by atoms with Gasteiger partial charge in [-0.15, -0.1) is 13.2 Å². The van der Waals surface area contributed by atoms with Crippen molar-refractivity contribution in [3.8, 4) is 5.75 Å². The zero-order valence-electron chi connectivity index (χ0n) is 10.9. The second-order valence-electron chi connectivity index (χ2n) is 4.56. The van der Waals surface area contributed by atoms with Crippen LogP contribution in [-0.2, 0) is 6.42 Å². The average molecular weight is 360 g/mol. The molecule has 0 spiro atoms. The molecule has 6 heteroatoms. The van der Waals surface area contributed by atoms with E-state index in [9.17, 15) is 13.2 Å². The number of hydrogen-bond acceptors (Lipinski definition) is 2. The van der Waals surface area contributed by atoms with Gasteiger partial charge in [0.1, 0.15) is 5.75 Å². The first-order chi connectivity index (χ1) is 9.83. The summed E-state index contributed by atoms with van der Waals surface area (Å²) in [7, 11) is 0. The number of rotatable bonds is 4. The molecule has 0 amide bonds. The summed E-state index contributed by atoms with van der Waals surface area (Å²) < 4.78 is 41.0. The Labute approximate surface area is 128 Å². The van der Waals surface area contributed by atoms with E-state index in [1.807, 2.05) is 24.3 Å². The minimum absolute atomic E-state index is 0.249. The van der Waals surface area contributed by atoms with Crippen molar-refractivity contribution in [2.24, 2.45) is 5.73 Å². The maximum absolute atomic E-state index is 12.1. The largest absolute Gasteiger partial charge is 0.573 e. The molecule has 0 aliphatic rings. The van der Waals surface area contributed by atoms with Crippen LogP contribution < -0.4 is 10.5 Å². The summed E-state index contributed by atoms with van der Waals surface area (Å²) in [5.41, 5.74) is 7.88. The Bertz CT molecular complexity index is 599. The van der Waals surface area contributed by atoms with Crippen LogP contribution in [-0.4, -0.2) is 6.36 Å². The summed E-state index contributed by atoms with van der Waals surface area (Å²) in [4.78, 5) is 0. The zero-order valence-corrected chi connectivity index (χ0v) is 12.5. The Balaban J connectivity index is 2.04. The molecule has 2 rings (SSSR count). The standard InChI is InChI=1S/C15H13BrF3NO/c16-12-3-1-2-10(8-12)9-14(20)11-4-6-13(7-5-11)21-15(17,18)19/h1-8,14H,9,20H2. The van der Waals surface area contributed by atoms with Crippen LogP contribution in [0, 0.1) is 0 Å². The normalized spacial score (nSPS) is 13.0. The molecule has 2 aromatic carbocycles. The van der Waals surface area contributed by atoms with Gasteiger partial charge in [0, 0.05) is 10.5 Å². The van der Waals surface area contributed by atoms with Crippen molar-refractivity contribution in [1.29, 1.82) is 0 Å². The summed E-state index contributed by atoms with van der Waals surface area (Å²) >= 11 is 3.38. The van der Waals surface area contributed by atoms with Crippen LogP contribution in [0.15, 0.2) is 53.0 Å². The average Bonchev–Trinajstić information content (AvgIpc) is 2.37. The second kappa shape index (κ2) is 6.49. The maximum atomic E-state index is 12.1. The molecule has 0 radical (unpaired) electrons. The molecule has 1 atom stereocenters. The van der Waals surface area contributed by atoms with Crippen LogP contribution in [0.25, 0.3) is 0 Å². The van der Waals surface area contributed by atoms with Crippen LogP contribution in [0.4, 0.5) is 13.2 Å². The van der Waals surface area contributed by atoms with Crippen LogP contribution in [0.5, 0.6) is 5.75 Å². The summed E-state index contributed by atoms with van der Waals surface area (Å²) in [6, 6.07) is 13.1. The number of halogens is 4. The van der Waals surface area contributed by atoms with Gasteiger partial charge >= 0.3 is 6.36 Å². The molecule has 0 heterocycles. The molecule has 0 aromatic heterocycles. The maximum Gasteiger partial charge on any atom is 0.573 e. The minimum Gasteiger partial charge on any atom is -0.406 e. The lowest BCUT2D eigenvalue weighted by Gasteiger charge is -2.14. The first-order valence-electron chi connectivity index (χ1n) is 6.19. The van der Waals surface area contributed by atoms with Crippen molar-refractivity contribution >= 4 is 15.9 Å². The van der Waals surface area contributed by atoms with Crippen LogP contribution in [0.2, 0.25) is 0 Å². The van der Waals surface area contributed by atoms with Gasteiger partial charge in [0.2, 0.25) is 0 Å². The third-order valence-electron chi connectivity index (χ3n) is 2.89. The molecule has 0 aliphatic carbocycles. The van der Waals surface area contributed by atoms with Gasteiger partial charge in [-0.2, -0.15) is 0 Å². The predicted molar refractivity (Wildman–Crippen MR) is 77.9 cm³/mol. The predicted octanol–water partition coefficient (Wildman–Crippen LogP) is 4.59. The highest BCUT2D eigenvalue weighted by Crippen LogP contribution is 2.25. The van der Waals surface area contributed by atoms with Crippen molar-refractivity contribution in [3.05, 3.63) is 64.1 Å². The molecule has 2 nitrogen and oxygen atoms in total. The van der Waals surface area contributed by atoms with Gasteiger partial charge < -0.3 is 10.5 Å². The van der Waals surface area contributed by atoms with Gasteiger partial charge in [0.15, 0.2) is 0 Å². The molecule has 2 aromatic rings. The summed E-state index contributed by atoms with van der Waals surface area (Å²) in [5, 5.41) is 0. The van der Waals surface area contributed by atoms with E-state index in [1.165, 1.54) is 12.1 Å². The van der Waals surface area contributed by atoms with E-state index >= 15 is 0 Å². The van der Waals surface area contributed by atoms with E-state index < -0.39 is 6.36 Å². The third-order valence-corrected chi connectivity index (χ3v) is 3.38. The molecule has 2 N–H and O–H groups in total. The number of hydrogen-bond donors (Lipinski definition) is 1. The van der Waals surface area contributed by atoms with Gasteiger partial charge in [0.25, 0.3) is 0 Å². The van der Waals surface area contributed by atoms with E-state index in [2.05, 4.69) is 20.7 Å². The van der Waals surface area contributed by atoms with Crippen LogP contribution in [0.3, 0.4) is 0 Å². The van der Waals surface area contributed by atoms with Gasteiger partial charge in [-0.25, -0.2) is 0 Å². The molecular formula is C15H13BrF3NO. The lowest BCUT2D eigenvalue weighted by Crippen LogP contribution is -2.17. The Kier molecular flexibility index (Phi) is 4.90. The molecule has 0 aliphatic heterocycles. The Morgan fingerprint density at radius 2 is 1.76 bits per heavy atom. The van der Waals surface area contributed by atoms with E-state index in [1.54, 1.807) is 12.1 Å². The number of benzene rings is 2. The highest BCUT2D eigenvalue weighted by atomic mass is 79.9. The smallest absolute Gasteiger partial charge is 0.406 e.